The molecule has 3 aromatic carbocycles. The average molecular weight is 520 g/mol. The van der Waals surface area contributed by atoms with Crippen LogP contribution in [0.5, 0.6) is 5.75 Å². The second-order valence-corrected chi connectivity index (χ2v) is 9.26. The number of aromatic nitrogens is 2. The van der Waals surface area contributed by atoms with Gasteiger partial charge in [0.05, 0.1) is 18.2 Å². The Balaban J connectivity index is 0.00000420. The number of ether oxygens (including phenoxy) is 1. The molecule has 198 valence electrons. The number of halogens is 1. The Morgan fingerprint density at radius 2 is 1.71 bits per heavy atom. The monoisotopic (exact) mass is 519 g/mol. The van der Waals surface area contributed by atoms with Crippen molar-refractivity contribution in [2.75, 3.05) is 0 Å². The van der Waals surface area contributed by atoms with Crippen molar-refractivity contribution < 1.29 is 24.7 Å². The third kappa shape index (κ3) is 6.61. The predicted octanol–water partition coefficient (Wildman–Crippen LogP) is 4.88. The molecule has 1 N–H and O–H groups in total. The van der Waals surface area contributed by atoms with Crippen molar-refractivity contribution >= 4 is 11.7 Å². The lowest BCUT2D eigenvalue weighted by molar-refractivity contribution is -0.121. The number of nitrogens with zero attached hydrogens (tertiary/aromatic N) is 2. The summed E-state index contributed by atoms with van der Waals surface area (Å²) in [5, 5.41) is 6.57. The summed E-state index contributed by atoms with van der Waals surface area (Å²) in [7, 11) is 0. The van der Waals surface area contributed by atoms with E-state index in [-0.39, 0.29) is 26.3 Å². The largest absolute Gasteiger partial charge is 0.488 e. The van der Waals surface area contributed by atoms with E-state index >= 15 is 0 Å². The normalized spacial score (nSPS) is 11.8. The highest BCUT2D eigenvalue weighted by Crippen LogP contribution is 2.21. The van der Waals surface area contributed by atoms with E-state index in [1.165, 1.54) is 24.3 Å². The number of Topliss-reactive ketones (excluding diaryl/α,β-unsaturated/α-hetero) is 1. The van der Waals surface area contributed by atoms with Crippen LogP contribution in [0.3, 0.4) is 0 Å². The number of para-hydroxylation sites is 1. The first-order valence-electron chi connectivity index (χ1n) is 12.2. The quantitative estimate of drug-likeness (QED) is 0.303. The van der Waals surface area contributed by atoms with E-state index in [9.17, 15) is 18.8 Å². The first-order chi connectivity index (χ1) is 18.3. The number of nitrogens with one attached hydrogen (secondary N) is 1. The predicted molar refractivity (Wildman–Crippen MR) is 141 cm³/mol. The van der Waals surface area contributed by atoms with Crippen LogP contribution in [0.25, 0.3) is 11.4 Å². The van der Waals surface area contributed by atoms with Crippen molar-refractivity contribution in [2.45, 2.75) is 39.5 Å². The van der Waals surface area contributed by atoms with Crippen LogP contribution in [0, 0.1) is 11.7 Å². The van der Waals surface area contributed by atoms with Gasteiger partial charge in [0.1, 0.15) is 18.2 Å². The highest BCUT2D eigenvalue weighted by atomic mass is 19.1. The SMILES string of the molecule is CC(C)C[C@H](NC(=O)c1ccccc1OCc1ccccc1)C(=O)Cn1c(-c2ccc(F)cc2)noc1=O.[HH]. The molecule has 0 saturated carbocycles. The summed E-state index contributed by atoms with van der Waals surface area (Å²) in [5.74, 6) is -1.59. The molecule has 0 aliphatic heterocycles. The minimum atomic E-state index is -0.882. The molecule has 0 radical (unpaired) electrons. The lowest BCUT2D eigenvalue weighted by Crippen LogP contribution is -2.44. The zero-order valence-electron chi connectivity index (χ0n) is 21.1. The maximum absolute atomic E-state index is 13.4. The summed E-state index contributed by atoms with van der Waals surface area (Å²) < 4.78 is 25.1. The fourth-order valence-corrected chi connectivity index (χ4v) is 3.97. The molecule has 8 nitrogen and oxygen atoms in total. The summed E-state index contributed by atoms with van der Waals surface area (Å²) in [6, 6.07) is 20.8. The van der Waals surface area contributed by atoms with Crippen LogP contribution in [-0.2, 0) is 17.9 Å². The lowest BCUT2D eigenvalue weighted by atomic mass is 9.99. The number of amides is 1. The zero-order chi connectivity index (χ0) is 27.1. The van der Waals surface area contributed by atoms with Gasteiger partial charge in [-0.05, 0) is 54.3 Å². The summed E-state index contributed by atoms with van der Waals surface area (Å²) in [4.78, 5) is 39.0. The Labute approximate surface area is 220 Å². The van der Waals surface area contributed by atoms with Gasteiger partial charge in [-0.1, -0.05) is 61.5 Å². The molecule has 0 saturated heterocycles. The Morgan fingerprint density at radius 3 is 2.42 bits per heavy atom. The van der Waals surface area contributed by atoms with Gasteiger partial charge < -0.3 is 10.1 Å². The fourth-order valence-electron chi connectivity index (χ4n) is 3.97. The van der Waals surface area contributed by atoms with E-state index in [0.29, 0.717) is 23.3 Å². The molecule has 38 heavy (non-hydrogen) atoms. The van der Waals surface area contributed by atoms with Gasteiger partial charge in [0.15, 0.2) is 11.6 Å². The van der Waals surface area contributed by atoms with Crippen molar-refractivity contribution in [3.63, 3.8) is 0 Å². The Morgan fingerprint density at radius 1 is 1.03 bits per heavy atom. The standard InChI is InChI=1S/C29H28FN3O5.H2/c1-19(2)16-24(25(34)17-33-27(32-38-29(33)36)21-12-14-22(30)15-13-21)31-28(35)23-10-6-7-11-26(23)37-18-20-8-4-3-5-9-20;/h3-15,19,24H,16-18H2,1-2H3,(H,31,35);1H/t24-;/m0./s1. The van der Waals surface area contributed by atoms with Crippen molar-refractivity contribution in [1.82, 2.24) is 15.0 Å². The van der Waals surface area contributed by atoms with Gasteiger partial charge in [-0.2, -0.15) is 0 Å². The Bertz CT molecular complexity index is 1450. The first-order valence-corrected chi connectivity index (χ1v) is 12.2. The molecular formula is C29H30FN3O5. The molecule has 1 atom stereocenters. The molecule has 1 amide bonds. The molecule has 0 spiro atoms. The van der Waals surface area contributed by atoms with Crippen molar-refractivity contribution in [1.29, 1.82) is 0 Å². The van der Waals surface area contributed by atoms with Crippen LogP contribution < -0.4 is 15.8 Å². The van der Waals surface area contributed by atoms with Gasteiger partial charge >= 0.3 is 5.76 Å². The number of benzene rings is 3. The molecule has 4 rings (SSSR count). The Kier molecular flexibility index (Phi) is 8.47. The van der Waals surface area contributed by atoms with E-state index in [4.69, 9.17) is 9.26 Å². The molecule has 1 heterocycles. The van der Waals surface area contributed by atoms with Crippen molar-refractivity contribution in [3.05, 3.63) is 106 Å². The number of hydrogen-bond donors (Lipinski definition) is 1. The van der Waals surface area contributed by atoms with Crippen LogP contribution in [0.1, 0.15) is 37.6 Å². The van der Waals surface area contributed by atoms with Crippen LogP contribution in [0.2, 0.25) is 0 Å². The van der Waals surface area contributed by atoms with Gasteiger partial charge in [0.25, 0.3) is 5.91 Å². The van der Waals surface area contributed by atoms with Crippen LogP contribution >= 0.6 is 0 Å². The van der Waals surface area contributed by atoms with E-state index in [0.717, 1.165) is 10.1 Å². The van der Waals surface area contributed by atoms with Gasteiger partial charge in [0.2, 0.25) is 0 Å². The molecule has 0 bridgehead atoms. The second-order valence-electron chi connectivity index (χ2n) is 9.26. The maximum Gasteiger partial charge on any atom is 0.442 e. The second kappa shape index (κ2) is 12.1. The van der Waals surface area contributed by atoms with E-state index in [1.54, 1.807) is 24.3 Å². The summed E-state index contributed by atoms with van der Waals surface area (Å²) >= 11 is 0. The lowest BCUT2D eigenvalue weighted by Gasteiger charge is -2.21. The van der Waals surface area contributed by atoms with Gasteiger partial charge in [0, 0.05) is 6.99 Å². The van der Waals surface area contributed by atoms with Crippen LogP contribution in [0.15, 0.2) is 88.2 Å². The molecule has 9 heteroatoms. The first kappa shape index (κ1) is 26.5. The van der Waals surface area contributed by atoms with E-state index in [2.05, 4.69) is 10.5 Å². The number of ketones is 1. The smallest absolute Gasteiger partial charge is 0.442 e. The summed E-state index contributed by atoms with van der Waals surface area (Å²) in [6.07, 6.45) is 0.351. The van der Waals surface area contributed by atoms with Crippen molar-refractivity contribution in [3.8, 4) is 17.1 Å². The molecule has 0 fully saturated rings. The van der Waals surface area contributed by atoms with E-state index in [1.807, 2.05) is 44.2 Å². The molecule has 0 aliphatic carbocycles. The number of carbonyl (C=O) groups is 2. The third-order valence-electron chi connectivity index (χ3n) is 5.87. The average Bonchev–Trinajstić information content (AvgIpc) is 3.27. The van der Waals surface area contributed by atoms with E-state index < -0.39 is 29.3 Å². The topological polar surface area (TPSA) is 103 Å². The highest BCUT2D eigenvalue weighted by molar-refractivity contribution is 6.00. The van der Waals surface area contributed by atoms with Crippen LogP contribution in [-0.4, -0.2) is 27.5 Å². The highest BCUT2D eigenvalue weighted by Gasteiger charge is 2.26. The molecule has 0 aliphatic rings. The number of hydrogen-bond acceptors (Lipinski definition) is 6. The number of carbonyl (C=O) groups excluding carboxylic acids is 2. The van der Waals surface area contributed by atoms with Crippen LogP contribution in [0.4, 0.5) is 4.39 Å². The Hall–Kier alpha value is -4.53. The summed E-state index contributed by atoms with van der Waals surface area (Å²) in [5.41, 5.74) is 1.66. The van der Waals surface area contributed by atoms with Gasteiger partial charge in [-0.15, -0.1) is 0 Å². The summed E-state index contributed by atoms with van der Waals surface area (Å²) in [6.45, 7) is 3.76. The number of rotatable bonds is 11. The minimum Gasteiger partial charge on any atom is -0.488 e. The molecule has 0 unspecified atom stereocenters. The maximum atomic E-state index is 13.4. The minimum absolute atomic E-state index is 0. The molecular weight excluding hydrogens is 489 g/mol. The van der Waals surface area contributed by atoms with Crippen molar-refractivity contribution in [2.24, 2.45) is 5.92 Å². The molecule has 4 aromatic rings. The fraction of sp³-hybridized carbons (Fsp3) is 0.241. The van der Waals surface area contributed by atoms with Gasteiger partial charge in [-0.3, -0.25) is 14.1 Å². The molecule has 1 aromatic heterocycles. The zero-order valence-corrected chi connectivity index (χ0v) is 21.1. The van der Waals surface area contributed by atoms with Gasteiger partial charge in [-0.25, -0.2) is 13.8 Å². The third-order valence-corrected chi connectivity index (χ3v) is 5.87.